The van der Waals surface area contributed by atoms with Crippen molar-refractivity contribution in [3.8, 4) is 0 Å². The van der Waals surface area contributed by atoms with Crippen LogP contribution in [0.3, 0.4) is 0 Å². The van der Waals surface area contributed by atoms with E-state index in [0.717, 1.165) is 24.1 Å². The van der Waals surface area contributed by atoms with Crippen LogP contribution in [0.1, 0.15) is 30.5 Å². The van der Waals surface area contributed by atoms with Gasteiger partial charge in [-0.2, -0.15) is 0 Å². The fourth-order valence-corrected chi connectivity index (χ4v) is 2.53. The standard InChI is InChI=1S/C19H24N2O/c1-4-16-12-9-13-17(5-2)18(16)20-19(22)21(3)14-15-10-7-6-8-11-15/h6-13H,4-5,14H2,1-3H3,(H,20,22). The van der Waals surface area contributed by atoms with Gasteiger partial charge in [0, 0.05) is 19.3 Å². The van der Waals surface area contributed by atoms with Crippen LogP contribution in [-0.4, -0.2) is 18.0 Å². The lowest BCUT2D eigenvalue weighted by atomic mass is 10.0. The molecule has 0 saturated heterocycles. The third-order valence-electron chi connectivity index (χ3n) is 3.84. The Morgan fingerprint density at radius 2 is 1.55 bits per heavy atom. The van der Waals surface area contributed by atoms with E-state index in [4.69, 9.17) is 0 Å². The maximum atomic E-state index is 12.5. The predicted octanol–water partition coefficient (Wildman–Crippen LogP) is 4.48. The van der Waals surface area contributed by atoms with Crippen LogP contribution in [0.25, 0.3) is 0 Å². The minimum absolute atomic E-state index is 0.0700. The molecule has 0 radical (unpaired) electrons. The maximum Gasteiger partial charge on any atom is 0.321 e. The van der Waals surface area contributed by atoms with Crippen molar-refractivity contribution in [2.45, 2.75) is 33.2 Å². The van der Waals surface area contributed by atoms with E-state index in [1.165, 1.54) is 11.1 Å². The SMILES string of the molecule is CCc1cccc(CC)c1NC(=O)N(C)Cc1ccccc1. The zero-order valence-corrected chi connectivity index (χ0v) is 13.6. The Balaban J connectivity index is 2.11. The van der Waals surface area contributed by atoms with Gasteiger partial charge in [-0.1, -0.05) is 62.4 Å². The van der Waals surface area contributed by atoms with Crippen LogP contribution in [0.5, 0.6) is 0 Å². The summed E-state index contributed by atoms with van der Waals surface area (Å²) in [5, 5.41) is 3.09. The normalized spacial score (nSPS) is 10.3. The van der Waals surface area contributed by atoms with Gasteiger partial charge in [-0.3, -0.25) is 0 Å². The fraction of sp³-hybridized carbons (Fsp3) is 0.316. The Morgan fingerprint density at radius 1 is 0.955 bits per heavy atom. The second kappa shape index (κ2) is 7.64. The Hall–Kier alpha value is -2.29. The molecule has 0 atom stereocenters. The number of hydrogen-bond donors (Lipinski definition) is 1. The number of anilines is 1. The number of rotatable bonds is 5. The van der Waals surface area contributed by atoms with Crippen LogP contribution in [0, 0.1) is 0 Å². The molecule has 0 saturated carbocycles. The van der Waals surface area contributed by atoms with Gasteiger partial charge < -0.3 is 10.2 Å². The van der Waals surface area contributed by atoms with Gasteiger partial charge in [0.15, 0.2) is 0 Å². The van der Waals surface area contributed by atoms with E-state index in [1.54, 1.807) is 4.90 Å². The van der Waals surface area contributed by atoms with Gasteiger partial charge in [0.05, 0.1) is 0 Å². The molecule has 2 aromatic carbocycles. The number of carbonyl (C=O) groups excluding carboxylic acids is 1. The highest BCUT2D eigenvalue weighted by molar-refractivity contribution is 5.91. The van der Waals surface area contributed by atoms with Gasteiger partial charge in [0.1, 0.15) is 0 Å². The zero-order chi connectivity index (χ0) is 15.9. The molecular weight excluding hydrogens is 272 g/mol. The first-order chi connectivity index (χ1) is 10.7. The number of nitrogens with one attached hydrogen (secondary N) is 1. The van der Waals surface area contributed by atoms with E-state index in [-0.39, 0.29) is 6.03 Å². The monoisotopic (exact) mass is 296 g/mol. The molecular formula is C19H24N2O. The summed E-state index contributed by atoms with van der Waals surface area (Å²) in [5.74, 6) is 0. The number of carbonyl (C=O) groups is 1. The fourth-order valence-electron chi connectivity index (χ4n) is 2.53. The topological polar surface area (TPSA) is 32.3 Å². The van der Waals surface area contributed by atoms with Crippen molar-refractivity contribution >= 4 is 11.7 Å². The van der Waals surface area contributed by atoms with E-state index in [9.17, 15) is 4.79 Å². The number of nitrogens with zero attached hydrogens (tertiary/aromatic N) is 1. The minimum Gasteiger partial charge on any atom is -0.323 e. The van der Waals surface area contributed by atoms with Gasteiger partial charge in [0.2, 0.25) is 0 Å². The molecule has 0 aromatic heterocycles. The number of hydrogen-bond acceptors (Lipinski definition) is 1. The molecule has 0 aliphatic carbocycles. The molecule has 0 fully saturated rings. The molecule has 2 amide bonds. The summed E-state index contributed by atoms with van der Waals surface area (Å²) in [6.07, 6.45) is 1.82. The van der Waals surface area contributed by atoms with Crippen LogP contribution < -0.4 is 5.32 Å². The lowest BCUT2D eigenvalue weighted by Crippen LogP contribution is -2.31. The molecule has 2 aromatic rings. The van der Waals surface area contributed by atoms with Gasteiger partial charge in [-0.05, 0) is 29.5 Å². The third-order valence-corrected chi connectivity index (χ3v) is 3.84. The molecule has 22 heavy (non-hydrogen) atoms. The third kappa shape index (κ3) is 3.88. The molecule has 0 bridgehead atoms. The van der Waals surface area contributed by atoms with E-state index in [1.807, 2.05) is 37.4 Å². The van der Waals surface area contributed by atoms with Gasteiger partial charge in [-0.25, -0.2) is 4.79 Å². The maximum absolute atomic E-state index is 12.5. The Kier molecular flexibility index (Phi) is 5.59. The highest BCUT2D eigenvalue weighted by Crippen LogP contribution is 2.23. The number of para-hydroxylation sites is 1. The molecule has 0 unspecified atom stereocenters. The van der Waals surface area contributed by atoms with Crippen LogP contribution in [-0.2, 0) is 19.4 Å². The van der Waals surface area contributed by atoms with Crippen molar-refractivity contribution in [3.63, 3.8) is 0 Å². The lowest BCUT2D eigenvalue weighted by molar-refractivity contribution is 0.220. The van der Waals surface area contributed by atoms with Gasteiger partial charge in [0.25, 0.3) is 0 Å². The molecule has 1 N–H and O–H groups in total. The molecule has 3 heteroatoms. The van der Waals surface area contributed by atoms with Crippen molar-refractivity contribution in [2.24, 2.45) is 0 Å². The van der Waals surface area contributed by atoms with E-state index < -0.39 is 0 Å². The first-order valence-corrected chi connectivity index (χ1v) is 7.82. The number of amides is 2. The predicted molar refractivity (Wildman–Crippen MR) is 92.1 cm³/mol. The summed E-state index contributed by atoms with van der Waals surface area (Å²) in [6, 6.07) is 16.2. The first kappa shape index (κ1) is 16.1. The van der Waals surface area contributed by atoms with E-state index >= 15 is 0 Å². The molecule has 0 heterocycles. The molecule has 0 aliphatic heterocycles. The second-order valence-electron chi connectivity index (χ2n) is 5.43. The quantitative estimate of drug-likeness (QED) is 0.867. The minimum atomic E-state index is -0.0700. The Labute approximate surface area is 133 Å². The first-order valence-electron chi connectivity index (χ1n) is 7.82. The van der Waals surface area contributed by atoms with Crippen LogP contribution >= 0.6 is 0 Å². The summed E-state index contributed by atoms with van der Waals surface area (Å²) in [5.41, 5.74) is 4.46. The highest BCUT2D eigenvalue weighted by Gasteiger charge is 2.13. The van der Waals surface area contributed by atoms with Crippen molar-refractivity contribution in [1.29, 1.82) is 0 Å². The highest BCUT2D eigenvalue weighted by atomic mass is 16.2. The summed E-state index contributed by atoms with van der Waals surface area (Å²) >= 11 is 0. The molecule has 2 rings (SSSR count). The Morgan fingerprint density at radius 3 is 2.09 bits per heavy atom. The average Bonchev–Trinajstić information content (AvgIpc) is 2.55. The average molecular weight is 296 g/mol. The molecule has 0 aliphatic rings. The summed E-state index contributed by atoms with van der Waals surface area (Å²) in [6.45, 7) is 4.82. The summed E-state index contributed by atoms with van der Waals surface area (Å²) in [7, 11) is 1.82. The molecule has 3 nitrogen and oxygen atoms in total. The van der Waals surface area contributed by atoms with Gasteiger partial charge >= 0.3 is 6.03 Å². The van der Waals surface area contributed by atoms with Crippen molar-refractivity contribution in [2.75, 3.05) is 12.4 Å². The number of aryl methyl sites for hydroxylation is 2. The summed E-state index contributed by atoms with van der Waals surface area (Å²) in [4.78, 5) is 14.2. The summed E-state index contributed by atoms with van der Waals surface area (Å²) < 4.78 is 0. The van der Waals surface area contributed by atoms with Crippen molar-refractivity contribution in [3.05, 3.63) is 65.2 Å². The van der Waals surface area contributed by atoms with Crippen LogP contribution in [0.2, 0.25) is 0 Å². The van der Waals surface area contributed by atoms with Crippen molar-refractivity contribution in [1.82, 2.24) is 4.90 Å². The second-order valence-corrected chi connectivity index (χ2v) is 5.43. The van der Waals surface area contributed by atoms with Crippen molar-refractivity contribution < 1.29 is 4.79 Å². The van der Waals surface area contributed by atoms with Crippen LogP contribution in [0.4, 0.5) is 10.5 Å². The van der Waals surface area contributed by atoms with Gasteiger partial charge in [-0.15, -0.1) is 0 Å². The lowest BCUT2D eigenvalue weighted by Gasteiger charge is -2.21. The largest absolute Gasteiger partial charge is 0.323 e. The smallest absolute Gasteiger partial charge is 0.321 e. The Bertz CT molecular complexity index is 600. The zero-order valence-electron chi connectivity index (χ0n) is 13.6. The van der Waals surface area contributed by atoms with Crippen LogP contribution in [0.15, 0.2) is 48.5 Å². The van der Waals surface area contributed by atoms with E-state index in [0.29, 0.717) is 6.54 Å². The van der Waals surface area contributed by atoms with E-state index in [2.05, 4.69) is 37.4 Å². The molecule has 0 spiro atoms. The number of benzene rings is 2. The number of urea groups is 1. The molecule has 116 valence electrons.